The van der Waals surface area contributed by atoms with Crippen molar-refractivity contribution in [1.82, 2.24) is 9.13 Å². The third-order valence-electron chi connectivity index (χ3n) is 4.82. The van der Waals surface area contributed by atoms with Crippen LogP contribution in [0.5, 0.6) is 0 Å². The van der Waals surface area contributed by atoms with Crippen molar-refractivity contribution < 1.29 is 18.7 Å². The molecule has 2 aromatic rings. The van der Waals surface area contributed by atoms with Gasteiger partial charge in [0, 0.05) is 18.7 Å². The molecule has 1 N–H and O–H groups in total. The van der Waals surface area contributed by atoms with Gasteiger partial charge in [0.05, 0.1) is 29.2 Å². The highest BCUT2D eigenvalue weighted by Gasteiger charge is 2.23. The van der Waals surface area contributed by atoms with Crippen molar-refractivity contribution in [3.63, 3.8) is 0 Å². The van der Waals surface area contributed by atoms with Crippen LogP contribution < -0.4 is 16.6 Å². The lowest BCUT2D eigenvalue weighted by Crippen LogP contribution is -2.43. The molecule has 1 saturated heterocycles. The average molecular weight is 421 g/mol. The number of carbonyl (C=O) groups excluding carboxylic acids is 1. The van der Waals surface area contributed by atoms with Crippen molar-refractivity contribution in [2.45, 2.75) is 71.8 Å². The van der Waals surface area contributed by atoms with Gasteiger partial charge in [-0.05, 0) is 53.5 Å². The molecule has 1 aromatic carbocycles. The number of carbonyl (C=O) groups is 1. The van der Waals surface area contributed by atoms with Crippen LogP contribution >= 0.6 is 0 Å². The zero-order chi connectivity index (χ0) is 22.2. The van der Waals surface area contributed by atoms with Gasteiger partial charge in [-0.15, -0.1) is 0 Å². The molecule has 2 heterocycles. The summed E-state index contributed by atoms with van der Waals surface area (Å²) < 4.78 is 28.0. The van der Waals surface area contributed by atoms with E-state index in [1.165, 1.54) is 10.6 Å². The molecule has 1 atom stereocenters. The summed E-state index contributed by atoms with van der Waals surface area (Å²) in [5.41, 5.74) is -1.83. The van der Waals surface area contributed by atoms with Gasteiger partial charge in [0.1, 0.15) is 11.4 Å². The number of rotatable bonds is 4. The maximum absolute atomic E-state index is 14.7. The van der Waals surface area contributed by atoms with E-state index < -0.39 is 28.8 Å². The number of hydrogen-bond acceptors (Lipinski definition) is 5. The number of nitrogens with one attached hydrogen (secondary N) is 1. The fourth-order valence-electron chi connectivity index (χ4n) is 3.56. The molecule has 0 spiro atoms. The summed E-state index contributed by atoms with van der Waals surface area (Å²) in [7, 11) is 0. The number of halogens is 1. The van der Waals surface area contributed by atoms with E-state index in [0.717, 1.165) is 23.5 Å². The molecule has 0 bridgehead atoms. The van der Waals surface area contributed by atoms with E-state index >= 15 is 0 Å². The van der Waals surface area contributed by atoms with Crippen molar-refractivity contribution in [1.29, 1.82) is 0 Å². The van der Waals surface area contributed by atoms with E-state index in [4.69, 9.17) is 9.47 Å². The molecule has 1 unspecified atom stereocenters. The third kappa shape index (κ3) is 4.56. The number of fused-ring (bicyclic) bond motifs is 1. The van der Waals surface area contributed by atoms with Crippen molar-refractivity contribution >= 4 is 22.7 Å². The zero-order valence-corrected chi connectivity index (χ0v) is 18.0. The lowest BCUT2D eigenvalue weighted by molar-refractivity contribution is 0.0635. The Kier molecular flexibility index (Phi) is 6.03. The number of benzene rings is 1. The Balaban J connectivity index is 2.13. The lowest BCUT2D eigenvalue weighted by Gasteiger charge is -2.21. The molecule has 1 amide bonds. The molecule has 8 nitrogen and oxygen atoms in total. The zero-order valence-electron chi connectivity index (χ0n) is 18.0. The second kappa shape index (κ2) is 8.22. The summed E-state index contributed by atoms with van der Waals surface area (Å²) in [4.78, 5) is 38.2. The van der Waals surface area contributed by atoms with E-state index in [1.807, 2.05) is 0 Å². The predicted molar refractivity (Wildman–Crippen MR) is 112 cm³/mol. The molecule has 0 radical (unpaired) electrons. The summed E-state index contributed by atoms with van der Waals surface area (Å²) in [5.74, 6) is -0.765. The highest BCUT2D eigenvalue weighted by atomic mass is 19.1. The van der Waals surface area contributed by atoms with Gasteiger partial charge in [0.15, 0.2) is 0 Å². The summed E-state index contributed by atoms with van der Waals surface area (Å²) in [6.07, 6.45) is 0.590. The second-order valence-electron chi connectivity index (χ2n) is 8.77. The van der Waals surface area contributed by atoms with E-state index in [1.54, 1.807) is 34.6 Å². The number of ether oxygens (including phenoxy) is 2. The van der Waals surface area contributed by atoms with Crippen LogP contribution in [0.2, 0.25) is 0 Å². The smallest absolute Gasteiger partial charge is 0.412 e. The molecule has 1 aromatic heterocycles. The average Bonchev–Trinajstić information content (AvgIpc) is 3.11. The molecule has 164 valence electrons. The number of amides is 1. The van der Waals surface area contributed by atoms with E-state index in [2.05, 4.69) is 5.32 Å². The highest BCUT2D eigenvalue weighted by molar-refractivity contribution is 5.90. The number of nitrogens with zero attached hydrogens (tertiary/aromatic N) is 2. The molecule has 1 aliphatic rings. The van der Waals surface area contributed by atoms with Crippen LogP contribution in [0, 0.1) is 5.82 Å². The van der Waals surface area contributed by atoms with Crippen molar-refractivity contribution in [2.75, 3.05) is 11.9 Å². The predicted octanol–water partition coefficient (Wildman–Crippen LogP) is 3.41. The van der Waals surface area contributed by atoms with Crippen LogP contribution in [0.3, 0.4) is 0 Å². The fraction of sp³-hybridized carbons (Fsp3) is 0.571. The lowest BCUT2D eigenvalue weighted by atomic mass is 10.1. The Morgan fingerprint density at radius 3 is 2.60 bits per heavy atom. The van der Waals surface area contributed by atoms with E-state index in [9.17, 15) is 18.8 Å². The Morgan fingerprint density at radius 1 is 1.33 bits per heavy atom. The largest absolute Gasteiger partial charge is 0.444 e. The molecule has 9 heteroatoms. The first-order chi connectivity index (χ1) is 14.0. The maximum atomic E-state index is 14.7. The van der Waals surface area contributed by atoms with Crippen LogP contribution in [0.1, 0.15) is 53.5 Å². The van der Waals surface area contributed by atoms with Crippen LogP contribution in [0.25, 0.3) is 10.9 Å². The van der Waals surface area contributed by atoms with E-state index in [-0.39, 0.29) is 35.3 Å². The summed E-state index contributed by atoms with van der Waals surface area (Å²) in [5, 5.41) is 2.48. The first kappa shape index (κ1) is 22.0. The topological polar surface area (TPSA) is 91.6 Å². The Morgan fingerprint density at radius 2 is 2.03 bits per heavy atom. The minimum Gasteiger partial charge on any atom is -0.444 e. The van der Waals surface area contributed by atoms with Gasteiger partial charge in [0.2, 0.25) is 0 Å². The Hall–Kier alpha value is -2.68. The van der Waals surface area contributed by atoms with E-state index in [0.29, 0.717) is 6.61 Å². The van der Waals surface area contributed by atoms with Gasteiger partial charge >= 0.3 is 11.8 Å². The van der Waals surface area contributed by atoms with Gasteiger partial charge < -0.3 is 9.47 Å². The normalized spacial score (nSPS) is 17.0. The molecule has 0 aliphatic carbocycles. The van der Waals surface area contributed by atoms with Crippen molar-refractivity contribution in [3.05, 3.63) is 38.8 Å². The summed E-state index contributed by atoms with van der Waals surface area (Å²) >= 11 is 0. The molecule has 0 saturated carbocycles. The quantitative estimate of drug-likeness (QED) is 0.817. The SMILES string of the molecule is CC(C)n1c(=O)n(CC2CCCO2)c(=O)c2cc(NC(=O)OC(C)(C)C)c(F)cc21. The monoisotopic (exact) mass is 421 g/mol. The number of aromatic nitrogens is 2. The first-order valence-corrected chi connectivity index (χ1v) is 10.1. The second-order valence-corrected chi connectivity index (χ2v) is 8.77. The number of anilines is 1. The summed E-state index contributed by atoms with van der Waals surface area (Å²) in [6, 6.07) is 2.04. The minimum atomic E-state index is -0.836. The molecule has 1 aliphatic heterocycles. The van der Waals surface area contributed by atoms with Crippen LogP contribution in [-0.2, 0) is 16.0 Å². The minimum absolute atomic E-state index is 0.131. The first-order valence-electron chi connectivity index (χ1n) is 10.1. The van der Waals surface area contributed by atoms with Crippen LogP contribution in [0.4, 0.5) is 14.9 Å². The molecule has 30 heavy (non-hydrogen) atoms. The van der Waals surface area contributed by atoms with Gasteiger partial charge in [-0.1, -0.05) is 0 Å². The number of hydrogen-bond donors (Lipinski definition) is 1. The molecule has 3 rings (SSSR count). The molecular formula is C21H28FN3O5. The van der Waals surface area contributed by atoms with Crippen LogP contribution in [0.15, 0.2) is 21.7 Å². The third-order valence-corrected chi connectivity index (χ3v) is 4.82. The maximum Gasteiger partial charge on any atom is 0.412 e. The van der Waals surface area contributed by atoms with Crippen LogP contribution in [-0.4, -0.2) is 33.5 Å². The van der Waals surface area contributed by atoms with Gasteiger partial charge in [-0.2, -0.15) is 0 Å². The van der Waals surface area contributed by atoms with Crippen molar-refractivity contribution in [3.8, 4) is 0 Å². The summed E-state index contributed by atoms with van der Waals surface area (Å²) in [6.45, 7) is 9.36. The Bertz CT molecular complexity index is 1080. The molecular weight excluding hydrogens is 393 g/mol. The van der Waals surface area contributed by atoms with Gasteiger partial charge in [-0.25, -0.2) is 14.0 Å². The van der Waals surface area contributed by atoms with Crippen molar-refractivity contribution in [2.24, 2.45) is 0 Å². The molecule has 1 fully saturated rings. The van der Waals surface area contributed by atoms with Gasteiger partial charge in [-0.3, -0.25) is 19.2 Å². The standard InChI is InChI=1S/C21H28FN3O5/c1-12(2)25-17-10-15(22)16(23-19(27)30-21(3,4)5)9-14(17)18(26)24(20(25)28)11-13-7-6-8-29-13/h9-10,12-13H,6-8,11H2,1-5H3,(H,23,27). The highest BCUT2D eigenvalue weighted by Crippen LogP contribution is 2.23. The van der Waals surface area contributed by atoms with Gasteiger partial charge in [0.25, 0.3) is 5.56 Å². The fourth-order valence-corrected chi connectivity index (χ4v) is 3.56. The Labute approximate surface area is 173 Å².